The highest BCUT2D eigenvalue weighted by Crippen LogP contribution is 2.26. The van der Waals surface area contributed by atoms with Gasteiger partial charge in [-0.3, -0.25) is 0 Å². The maximum Gasteiger partial charge on any atom is -0.0168 e. The molecule has 0 bridgehead atoms. The molecule has 0 saturated carbocycles. The Hall–Kier alpha value is -0.520. The lowest BCUT2D eigenvalue weighted by molar-refractivity contribution is 0.457. The van der Waals surface area contributed by atoms with Crippen molar-refractivity contribution in [1.82, 2.24) is 0 Å². The molecular weight excluding hydrogens is 132 g/mol. The summed E-state index contributed by atoms with van der Waals surface area (Å²) in [6.45, 7) is 6.68. The molecule has 0 amide bonds. The summed E-state index contributed by atoms with van der Waals surface area (Å²) in [6.07, 6.45) is 9.66. The molecule has 0 radical (unpaired) electrons. The molecule has 11 heavy (non-hydrogen) atoms. The van der Waals surface area contributed by atoms with Crippen molar-refractivity contribution < 1.29 is 0 Å². The molecule has 0 N–H and O–H groups in total. The van der Waals surface area contributed by atoms with E-state index in [2.05, 4.69) is 39.0 Å². The van der Waals surface area contributed by atoms with Gasteiger partial charge < -0.3 is 0 Å². The third-order valence-electron chi connectivity index (χ3n) is 2.33. The fourth-order valence-electron chi connectivity index (χ4n) is 1.67. The molecule has 1 rings (SSSR count). The van der Waals surface area contributed by atoms with Gasteiger partial charge in [0.25, 0.3) is 0 Å². The molecule has 0 aromatic heterocycles. The van der Waals surface area contributed by atoms with E-state index in [0.29, 0.717) is 0 Å². The van der Waals surface area contributed by atoms with Crippen molar-refractivity contribution in [2.75, 3.05) is 0 Å². The average molecular weight is 150 g/mol. The van der Waals surface area contributed by atoms with Crippen molar-refractivity contribution in [2.45, 2.75) is 33.6 Å². The number of hydrogen-bond acceptors (Lipinski definition) is 0. The SMILES string of the molecule is CC(C)=CC1CCC=CC1C. The van der Waals surface area contributed by atoms with E-state index in [1.54, 1.807) is 0 Å². The van der Waals surface area contributed by atoms with Gasteiger partial charge in [-0.05, 0) is 38.5 Å². The first-order valence-electron chi connectivity index (χ1n) is 4.52. The second-order valence-corrected chi connectivity index (χ2v) is 3.77. The summed E-state index contributed by atoms with van der Waals surface area (Å²) in [5.41, 5.74) is 1.46. The molecule has 2 unspecified atom stereocenters. The van der Waals surface area contributed by atoms with Crippen LogP contribution in [0.2, 0.25) is 0 Å². The zero-order valence-corrected chi connectivity index (χ0v) is 7.80. The fourth-order valence-corrected chi connectivity index (χ4v) is 1.67. The van der Waals surface area contributed by atoms with Crippen LogP contribution in [0.4, 0.5) is 0 Å². The Kier molecular flexibility index (Phi) is 2.92. The zero-order chi connectivity index (χ0) is 8.27. The highest BCUT2D eigenvalue weighted by Gasteiger charge is 2.14. The standard InChI is InChI=1S/C11H18/c1-9(2)8-11-7-5-4-6-10(11)3/h4,6,8,10-11H,5,7H2,1-3H3. The molecule has 0 aliphatic heterocycles. The quantitative estimate of drug-likeness (QED) is 0.501. The Labute approximate surface area is 70.0 Å². The van der Waals surface area contributed by atoms with Crippen molar-refractivity contribution in [3.05, 3.63) is 23.8 Å². The van der Waals surface area contributed by atoms with E-state index < -0.39 is 0 Å². The number of allylic oxidation sites excluding steroid dienone is 4. The summed E-state index contributed by atoms with van der Waals surface area (Å²) >= 11 is 0. The van der Waals surface area contributed by atoms with Gasteiger partial charge in [-0.1, -0.05) is 30.7 Å². The molecule has 0 heteroatoms. The van der Waals surface area contributed by atoms with E-state index in [1.807, 2.05) is 0 Å². The summed E-state index contributed by atoms with van der Waals surface area (Å²) in [7, 11) is 0. The lowest BCUT2D eigenvalue weighted by Crippen LogP contribution is -2.10. The van der Waals surface area contributed by atoms with Crippen LogP contribution in [0.1, 0.15) is 33.6 Å². The van der Waals surface area contributed by atoms with Crippen LogP contribution in [0.25, 0.3) is 0 Å². The normalized spacial score (nSPS) is 30.1. The van der Waals surface area contributed by atoms with Crippen LogP contribution in [0, 0.1) is 11.8 Å². The van der Waals surface area contributed by atoms with Crippen LogP contribution >= 0.6 is 0 Å². The molecule has 0 nitrogen and oxygen atoms in total. The molecule has 0 spiro atoms. The number of hydrogen-bond donors (Lipinski definition) is 0. The fraction of sp³-hybridized carbons (Fsp3) is 0.636. The summed E-state index contributed by atoms with van der Waals surface area (Å²) in [6, 6.07) is 0. The van der Waals surface area contributed by atoms with Crippen LogP contribution < -0.4 is 0 Å². The Balaban J connectivity index is 2.58. The van der Waals surface area contributed by atoms with E-state index in [1.165, 1.54) is 18.4 Å². The van der Waals surface area contributed by atoms with Gasteiger partial charge in [-0.15, -0.1) is 0 Å². The van der Waals surface area contributed by atoms with E-state index in [0.717, 1.165) is 11.8 Å². The summed E-state index contributed by atoms with van der Waals surface area (Å²) in [5.74, 6) is 1.55. The van der Waals surface area contributed by atoms with Gasteiger partial charge in [0.2, 0.25) is 0 Å². The first-order valence-corrected chi connectivity index (χ1v) is 4.52. The van der Waals surface area contributed by atoms with E-state index in [-0.39, 0.29) is 0 Å². The maximum absolute atomic E-state index is 2.41. The highest BCUT2D eigenvalue weighted by molar-refractivity contribution is 5.06. The monoisotopic (exact) mass is 150 g/mol. The molecule has 1 aliphatic rings. The second-order valence-electron chi connectivity index (χ2n) is 3.77. The van der Waals surface area contributed by atoms with Crippen molar-refractivity contribution in [1.29, 1.82) is 0 Å². The Bertz CT molecular complexity index is 170. The van der Waals surface area contributed by atoms with Gasteiger partial charge in [-0.25, -0.2) is 0 Å². The lowest BCUT2D eigenvalue weighted by atomic mass is 9.84. The largest absolute Gasteiger partial charge is 0.0882 e. The van der Waals surface area contributed by atoms with Crippen molar-refractivity contribution in [2.24, 2.45) is 11.8 Å². The molecule has 0 fully saturated rings. The van der Waals surface area contributed by atoms with E-state index in [9.17, 15) is 0 Å². The molecule has 1 aliphatic carbocycles. The Morgan fingerprint density at radius 2 is 2.18 bits per heavy atom. The van der Waals surface area contributed by atoms with Gasteiger partial charge in [0, 0.05) is 0 Å². The molecule has 62 valence electrons. The first kappa shape index (κ1) is 8.58. The van der Waals surface area contributed by atoms with Crippen LogP contribution in [0.3, 0.4) is 0 Å². The summed E-state index contributed by atoms with van der Waals surface area (Å²) < 4.78 is 0. The average Bonchev–Trinajstić information content (AvgIpc) is 1.93. The van der Waals surface area contributed by atoms with E-state index >= 15 is 0 Å². The molecule has 0 saturated heterocycles. The molecule has 0 aromatic rings. The van der Waals surface area contributed by atoms with Crippen molar-refractivity contribution >= 4 is 0 Å². The van der Waals surface area contributed by atoms with Gasteiger partial charge in [0.05, 0.1) is 0 Å². The van der Waals surface area contributed by atoms with Crippen LogP contribution in [-0.2, 0) is 0 Å². The Morgan fingerprint density at radius 3 is 2.73 bits per heavy atom. The summed E-state index contributed by atoms with van der Waals surface area (Å²) in [4.78, 5) is 0. The highest BCUT2D eigenvalue weighted by atomic mass is 14.2. The molecule has 2 atom stereocenters. The first-order chi connectivity index (χ1) is 5.20. The summed E-state index contributed by atoms with van der Waals surface area (Å²) in [5, 5.41) is 0. The second kappa shape index (κ2) is 3.75. The molecular formula is C11H18. The van der Waals surface area contributed by atoms with Gasteiger partial charge >= 0.3 is 0 Å². The Morgan fingerprint density at radius 1 is 1.45 bits per heavy atom. The van der Waals surface area contributed by atoms with Crippen LogP contribution in [0.15, 0.2) is 23.8 Å². The maximum atomic E-state index is 2.41. The van der Waals surface area contributed by atoms with E-state index in [4.69, 9.17) is 0 Å². The minimum absolute atomic E-state index is 0.749. The third kappa shape index (κ3) is 2.53. The smallest absolute Gasteiger partial charge is 0.0168 e. The van der Waals surface area contributed by atoms with Gasteiger partial charge in [0.15, 0.2) is 0 Å². The number of rotatable bonds is 1. The predicted molar refractivity (Wildman–Crippen MR) is 50.5 cm³/mol. The van der Waals surface area contributed by atoms with Gasteiger partial charge in [0.1, 0.15) is 0 Å². The predicted octanol–water partition coefficient (Wildman–Crippen LogP) is 3.55. The van der Waals surface area contributed by atoms with Crippen LogP contribution in [0.5, 0.6) is 0 Å². The zero-order valence-electron chi connectivity index (χ0n) is 7.80. The molecule has 0 heterocycles. The minimum atomic E-state index is 0.749. The third-order valence-corrected chi connectivity index (χ3v) is 2.33. The van der Waals surface area contributed by atoms with Crippen molar-refractivity contribution in [3.63, 3.8) is 0 Å². The van der Waals surface area contributed by atoms with Gasteiger partial charge in [-0.2, -0.15) is 0 Å². The van der Waals surface area contributed by atoms with Crippen molar-refractivity contribution in [3.8, 4) is 0 Å². The minimum Gasteiger partial charge on any atom is -0.0882 e. The molecule has 0 aromatic carbocycles. The lowest BCUT2D eigenvalue weighted by Gasteiger charge is -2.21. The topological polar surface area (TPSA) is 0 Å². The van der Waals surface area contributed by atoms with Crippen LogP contribution in [-0.4, -0.2) is 0 Å².